The highest BCUT2D eigenvalue weighted by Crippen LogP contribution is 2.42. The van der Waals surface area contributed by atoms with Crippen LogP contribution in [0.25, 0.3) is 11.1 Å². The number of ether oxygens (including phenoxy) is 1. The molecule has 2 aromatic carbocycles. The lowest BCUT2D eigenvalue weighted by Gasteiger charge is -2.21. The van der Waals surface area contributed by atoms with Gasteiger partial charge in [-0.1, -0.05) is 30.3 Å². The summed E-state index contributed by atoms with van der Waals surface area (Å²) in [5.41, 5.74) is 2.99. The van der Waals surface area contributed by atoms with Gasteiger partial charge in [0.15, 0.2) is 0 Å². The lowest BCUT2D eigenvalue weighted by molar-refractivity contribution is 0.300. The zero-order valence-electron chi connectivity index (χ0n) is 8.51. The van der Waals surface area contributed by atoms with Crippen molar-refractivity contribution in [3.05, 3.63) is 48.0 Å². The number of fused-ring (bicyclic) bond motifs is 3. The molecule has 3 rings (SSSR count). The second kappa shape index (κ2) is 4.06. The second-order valence-electron chi connectivity index (χ2n) is 3.60. The first-order chi connectivity index (χ1) is 7.36. The Kier molecular flexibility index (Phi) is 2.75. The summed E-state index contributed by atoms with van der Waals surface area (Å²) >= 11 is 0. The summed E-state index contributed by atoms with van der Waals surface area (Å²) in [5.74, 6) is 1.04. The average molecular weight is 235 g/mol. The van der Waals surface area contributed by atoms with E-state index in [0.717, 1.165) is 22.4 Å². The largest absolute Gasteiger partial charge is 0.507 e. The van der Waals surface area contributed by atoms with Crippen LogP contribution in [0.2, 0.25) is 0 Å². The molecule has 2 aromatic rings. The molecular formula is C13H11ClO2. The molecule has 1 heterocycles. The molecule has 1 aliphatic heterocycles. The molecule has 0 radical (unpaired) electrons. The van der Waals surface area contributed by atoms with Crippen molar-refractivity contribution in [2.45, 2.75) is 6.61 Å². The molecule has 0 saturated carbocycles. The van der Waals surface area contributed by atoms with E-state index in [2.05, 4.69) is 0 Å². The highest BCUT2D eigenvalue weighted by Gasteiger charge is 2.19. The van der Waals surface area contributed by atoms with Crippen molar-refractivity contribution in [1.29, 1.82) is 0 Å². The molecule has 0 fully saturated rings. The molecule has 0 aromatic heterocycles. The predicted molar refractivity (Wildman–Crippen MR) is 65.1 cm³/mol. The fraction of sp³-hybridized carbons (Fsp3) is 0.0769. The molecular weight excluding hydrogens is 224 g/mol. The number of halogens is 1. The molecule has 0 atom stereocenters. The van der Waals surface area contributed by atoms with Gasteiger partial charge in [0.2, 0.25) is 0 Å². The minimum atomic E-state index is 0. The van der Waals surface area contributed by atoms with E-state index in [-0.39, 0.29) is 18.2 Å². The number of benzene rings is 2. The van der Waals surface area contributed by atoms with Crippen LogP contribution in [0.1, 0.15) is 5.56 Å². The van der Waals surface area contributed by atoms with Gasteiger partial charge in [0.1, 0.15) is 18.1 Å². The first-order valence-electron chi connectivity index (χ1n) is 4.89. The Balaban J connectivity index is 0.000000963. The van der Waals surface area contributed by atoms with E-state index in [1.807, 2.05) is 30.3 Å². The normalized spacial score (nSPS) is 11.8. The van der Waals surface area contributed by atoms with Crippen molar-refractivity contribution in [2.24, 2.45) is 0 Å². The number of phenolic OH excluding ortho intramolecular Hbond substituents is 1. The van der Waals surface area contributed by atoms with Crippen LogP contribution in [0.5, 0.6) is 11.5 Å². The molecule has 1 aliphatic rings. The lowest BCUT2D eigenvalue weighted by Crippen LogP contribution is -2.04. The van der Waals surface area contributed by atoms with Crippen molar-refractivity contribution < 1.29 is 9.84 Å². The Morgan fingerprint density at radius 2 is 1.81 bits per heavy atom. The fourth-order valence-corrected chi connectivity index (χ4v) is 1.96. The molecule has 1 N–H and O–H groups in total. The van der Waals surface area contributed by atoms with E-state index in [4.69, 9.17) is 4.74 Å². The SMILES string of the molecule is Cl.Oc1cccc2c1-c1ccccc1CO2. The van der Waals surface area contributed by atoms with E-state index in [0.29, 0.717) is 6.61 Å². The van der Waals surface area contributed by atoms with E-state index in [1.165, 1.54) is 0 Å². The number of hydrogen-bond donors (Lipinski definition) is 1. The van der Waals surface area contributed by atoms with E-state index in [9.17, 15) is 5.11 Å². The summed E-state index contributed by atoms with van der Waals surface area (Å²) in [5, 5.41) is 9.82. The summed E-state index contributed by atoms with van der Waals surface area (Å²) in [7, 11) is 0. The zero-order chi connectivity index (χ0) is 10.3. The summed E-state index contributed by atoms with van der Waals surface area (Å²) in [6.07, 6.45) is 0. The summed E-state index contributed by atoms with van der Waals surface area (Å²) in [6, 6.07) is 13.3. The van der Waals surface area contributed by atoms with E-state index in [1.54, 1.807) is 12.1 Å². The van der Waals surface area contributed by atoms with Gasteiger partial charge in [-0.3, -0.25) is 0 Å². The molecule has 0 saturated heterocycles. The van der Waals surface area contributed by atoms with Gasteiger partial charge in [0.05, 0.1) is 5.56 Å². The van der Waals surface area contributed by atoms with Gasteiger partial charge >= 0.3 is 0 Å². The number of aromatic hydroxyl groups is 1. The van der Waals surface area contributed by atoms with Crippen LogP contribution in [-0.2, 0) is 6.61 Å². The number of rotatable bonds is 0. The van der Waals surface area contributed by atoms with E-state index >= 15 is 0 Å². The predicted octanol–water partition coefficient (Wildman–Crippen LogP) is 3.37. The van der Waals surface area contributed by atoms with Gasteiger partial charge in [-0.05, 0) is 23.3 Å². The Hall–Kier alpha value is -1.67. The zero-order valence-corrected chi connectivity index (χ0v) is 9.33. The number of phenols is 1. The molecule has 0 unspecified atom stereocenters. The quantitative estimate of drug-likeness (QED) is 0.757. The van der Waals surface area contributed by atoms with Crippen LogP contribution >= 0.6 is 12.4 Å². The van der Waals surface area contributed by atoms with Gasteiger partial charge in [-0.25, -0.2) is 0 Å². The minimum Gasteiger partial charge on any atom is -0.507 e. The average Bonchev–Trinajstić information content (AvgIpc) is 2.29. The third kappa shape index (κ3) is 1.51. The van der Waals surface area contributed by atoms with Crippen molar-refractivity contribution in [3.8, 4) is 22.6 Å². The molecule has 82 valence electrons. The Morgan fingerprint density at radius 3 is 2.69 bits per heavy atom. The van der Waals surface area contributed by atoms with Crippen molar-refractivity contribution >= 4 is 12.4 Å². The van der Waals surface area contributed by atoms with Crippen LogP contribution < -0.4 is 4.74 Å². The summed E-state index contributed by atoms with van der Waals surface area (Å²) < 4.78 is 5.57. The maximum Gasteiger partial charge on any atom is 0.131 e. The molecule has 2 nitrogen and oxygen atoms in total. The van der Waals surface area contributed by atoms with Gasteiger partial charge < -0.3 is 9.84 Å². The van der Waals surface area contributed by atoms with Crippen LogP contribution in [0.3, 0.4) is 0 Å². The maximum atomic E-state index is 9.82. The van der Waals surface area contributed by atoms with Crippen LogP contribution in [0, 0.1) is 0 Å². The van der Waals surface area contributed by atoms with Crippen molar-refractivity contribution in [3.63, 3.8) is 0 Å². The molecule has 0 bridgehead atoms. The Bertz CT molecular complexity index is 523. The molecule has 0 spiro atoms. The van der Waals surface area contributed by atoms with Gasteiger partial charge in [-0.2, -0.15) is 0 Å². The lowest BCUT2D eigenvalue weighted by atomic mass is 9.96. The fourth-order valence-electron chi connectivity index (χ4n) is 1.96. The van der Waals surface area contributed by atoms with Crippen molar-refractivity contribution in [2.75, 3.05) is 0 Å². The van der Waals surface area contributed by atoms with Gasteiger partial charge in [0.25, 0.3) is 0 Å². The Labute approximate surface area is 99.9 Å². The smallest absolute Gasteiger partial charge is 0.131 e. The highest BCUT2D eigenvalue weighted by molar-refractivity contribution is 5.85. The monoisotopic (exact) mass is 234 g/mol. The van der Waals surface area contributed by atoms with Crippen LogP contribution in [-0.4, -0.2) is 5.11 Å². The van der Waals surface area contributed by atoms with Gasteiger partial charge in [-0.15, -0.1) is 12.4 Å². The molecule has 0 aliphatic carbocycles. The minimum absolute atomic E-state index is 0. The topological polar surface area (TPSA) is 29.5 Å². The standard InChI is InChI=1S/C13H10O2.ClH/c14-11-6-3-7-12-13(11)10-5-2-1-4-9(10)8-15-12;/h1-7,14H,8H2;1H. The van der Waals surface area contributed by atoms with Crippen LogP contribution in [0.4, 0.5) is 0 Å². The summed E-state index contributed by atoms with van der Waals surface area (Å²) in [4.78, 5) is 0. The molecule has 16 heavy (non-hydrogen) atoms. The first kappa shape index (κ1) is 10.8. The van der Waals surface area contributed by atoms with Gasteiger partial charge in [0, 0.05) is 0 Å². The number of hydrogen-bond acceptors (Lipinski definition) is 2. The molecule has 0 amide bonds. The first-order valence-corrected chi connectivity index (χ1v) is 4.89. The van der Waals surface area contributed by atoms with Crippen LogP contribution in [0.15, 0.2) is 42.5 Å². The summed E-state index contributed by atoms with van der Waals surface area (Å²) in [6.45, 7) is 0.576. The highest BCUT2D eigenvalue weighted by atomic mass is 35.5. The molecule has 3 heteroatoms. The Morgan fingerprint density at radius 1 is 1.00 bits per heavy atom. The van der Waals surface area contributed by atoms with Crippen molar-refractivity contribution in [1.82, 2.24) is 0 Å². The maximum absolute atomic E-state index is 9.82. The second-order valence-corrected chi connectivity index (χ2v) is 3.60. The third-order valence-corrected chi connectivity index (χ3v) is 2.67. The third-order valence-electron chi connectivity index (χ3n) is 2.67. The van der Waals surface area contributed by atoms with E-state index < -0.39 is 0 Å².